The molecule has 0 amide bonds. The first-order valence-electron chi connectivity index (χ1n) is 5.67. The highest BCUT2D eigenvalue weighted by Crippen LogP contribution is 2.22. The van der Waals surface area contributed by atoms with E-state index in [0.717, 1.165) is 0 Å². The van der Waals surface area contributed by atoms with Crippen molar-refractivity contribution in [2.75, 3.05) is 13.4 Å². The van der Waals surface area contributed by atoms with E-state index in [1.165, 1.54) is 18.2 Å². The van der Waals surface area contributed by atoms with Crippen LogP contribution in [0.25, 0.3) is 5.76 Å². The fourth-order valence-electron chi connectivity index (χ4n) is 1.23. The van der Waals surface area contributed by atoms with E-state index in [-0.39, 0.29) is 18.4 Å². The van der Waals surface area contributed by atoms with E-state index in [1.807, 2.05) is 0 Å². The SMILES string of the molecule is CCOCOc1cccc(C(O)=CC(=O)C(F)(F)F)c1. The van der Waals surface area contributed by atoms with Crippen LogP contribution in [0.15, 0.2) is 30.3 Å². The maximum absolute atomic E-state index is 12.1. The van der Waals surface area contributed by atoms with Crippen LogP contribution in [0, 0.1) is 0 Å². The molecule has 0 saturated heterocycles. The molecule has 1 N–H and O–H groups in total. The van der Waals surface area contributed by atoms with Crippen LogP contribution in [0.5, 0.6) is 5.75 Å². The number of halogens is 3. The summed E-state index contributed by atoms with van der Waals surface area (Å²) in [5.41, 5.74) is 0.0385. The standard InChI is InChI=1S/C13H13F3O4/c1-2-19-8-20-10-5-3-4-9(6-10)11(17)7-12(18)13(14,15)16/h3-7,17H,2,8H2,1H3. The Morgan fingerprint density at radius 2 is 2.10 bits per heavy atom. The number of benzene rings is 1. The van der Waals surface area contributed by atoms with Crippen LogP contribution >= 0.6 is 0 Å². The second kappa shape index (κ2) is 6.95. The molecule has 0 saturated carbocycles. The molecule has 0 aliphatic heterocycles. The Hall–Kier alpha value is -2.02. The van der Waals surface area contributed by atoms with Crippen molar-refractivity contribution in [3.63, 3.8) is 0 Å². The molecular weight excluding hydrogens is 277 g/mol. The van der Waals surface area contributed by atoms with Gasteiger partial charge >= 0.3 is 6.18 Å². The van der Waals surface area contributed by atoms with Crippen LogP contribution in [0.2, 0.25) is 0 Å². The van der Waals surface area contributed by atoms with Crippen molar-refractivity contribution in [2.45, 2.75) is 13.1 Å². The number of hydrogen-bond donors (Lipinski definition) is 1. The normalized spacial score (nSPS) is 12.3. The molecule has 1 aromatic carbocycles. The third-order valence-corrected chi connectivity index (χ3v) is 2.19. The van der Waals surface area contributed by atoms with Crippen LogP contribution in [0.4, 0.5) is 13.2 Å². The first-order chi connectivity index (χ1) is 9.34. The highest BCUT2D eigenvalue weighted by molar-refractivity contribution is 5.99. The lowest BCUT2D eigenvalue weighted by molar-refractivity contribution is -0.165. The van der Waals surface area contributed by atoms with Gasteiger partial charge in [-0.05, 0) is 19.1 Å². The first-order valence-corrected chi connectivity index (χ1v) is 5.67. The summed E-state index contributed by atoms with van der Waals surface area (Å²) in [4.78, 5) is 10.7. The molecule has 4 nitrogen and oxygen atoms in total. The Bertz CT molecular complexity index is 495. The predicted octanol–water partition coefficient (Wildman–Crippen LogP) is 3.09. The summed E-state index contributed by atoms with van der Waals surface area (Å²) in [5, 5.41) is 9.50. The smallest absolute Gasteiger partial charge is 0.454 e. The zero-order valence-electron chi connectivity index (χ0n) is 10.6. The molecule has 20 heavy (non-hydrogen) atoms. The minimum absolute atomic E-state index is 0.0219. The third kappa shape index (κ3) is 4.93. The molecule has 0 bridgehead atoms. The monoisotopic (exact) mass is 290 g/mol. The Morgan fingerprint density at radius 3 is 2.70 bits per heavy atom. The number of carbonyl (C=O) groups is 1. The molecule has 0 radical (unpaired) electrons. The number of allylic oxidation sites excluding steroid dienone is 1. The lowest BCUT2D eigenvalue weighted by atomic mass is 10.1. The zero-order chi connectivity index (χ0) is 15.2. The van der Waals surface area contributed by atoms with E-state index < -0.39 is 17.7 Å². The molecular formula is C13H13F3O4. The fraction of sp³-hybridized carbons (Fsp3) is 0.308. The summed E-state index contributed by atoms with van der Waals surface area (Å²) in [7, 11) is 0. The topological polar surface area (TPSA) is 55.8 Å². The lowest BCUT2D eigenvalue weighted by Gasteiger charge is -2.08. The molecule has 0 atom stereocenters. The average molecular weight is 290 g/mol. The van der Waals surface area contributed by atoms with Crippen molar-refractivity contribution in [2.24, 2.45) is 0 Å². The number of aliphatic hydroxyl groups is 1. The number of carbonyl (C=O) groups excluding carboxylic acids is 1. The van der Waals surface area contributed by atoms with Gasteiger partial charge < -0.3 is 14.6 Å². The van der Waals surface area contributed by atoms with Crippen molar-refractivity contribution in [3.8, 4) is 5.75 Å². The second-order valence-corrected chi connectivity index (χ2v) is 3.67. The quantitative estimate of drug-likeness (QED) is 0.378. The van der Waals surface area contributed by atoms with Gasteiger partial charge in [-0.15, -0.1) is 0 Å². The van der Waals surface area contributed by atoms with Gasteiger partial charge in [0, 0.05) is 18.2 Å². The highest BCUT2D eigenvalue weighted by Gasteiger charge is 2.37. The van der Waals surface area contributed by atoms with Crippen LogP contribution in [-0.4, -0.2) is 30.5 Å². The largest absolute Gasteiger partial charge is 0.507 e. The number of aliphatic hydroxyl groups excluding tert-OH is 1. The van der Waals surface area contributed by atoms with E-state index in [0.29, 0.717) is 12.4 Å². The van der Waals surface area contributed by atoms with Crippen molar-refractivity contribution < 1.29 is 32.5 Å². The number of rotatable bonds is 6. The van der Waals surface area contributed by atoms with Gasteiger partial charge in [0.05, 0.1) is 0 Å². The van der Waals surface area contributed by atoms with Crippen LogP contribution < -0.4 is 4.74 Å². The fourth-order valence-corrected chi connectivity index (χ4v) is 1.23. The number of ether oxygens (including phenoxy) is 2. The number of alkyl halides is 3. The van der Waals surface area contributed by atoms with Crippen molar-refractivity contribution in [1.82, 2.24) is 0 Å². The average Bonchev–Trinajstić information content (AvgIpc) is 2.38. The molecule has 0 spiro atoms. The summed E-state index contributed by atoms with van der Waals surface area (Å²) >= 11 is 0. The molecule has 0 unspecified atom stereocenters. The summed E-state index contributed by atoms with van der Waals surface area (Å²) in [5.74, 6) is -2.61. The molecule has 0 heterocycles. The highest BCUT2D eigenvalue weighted by atomic mass is 19.4. The van der Waals surface area contributed by atoms with Gasteiger partial charge in [0.25, 0.3) is 5.78 Å². The minimum Gasteiger partial charge on any atom is -0.507 e. The molecule has 0 aliphatic rings. The first kappa shape index (κ1) is 16.0. The molecule has 0 aliphatic carbocycles. The number of hydrogen-bond acceptors (Lipinski definition) is 4. The molecule has 1 rings (SSSR count). The van der Waals surface area contributed by atoms with Gasteiger partial charge in [-0.25, -0.2) is 0 Å². The Morgan fingerprint density at radius 1 is 1.40 bits per heavy atom. The van der Waals surface area contributed by atoms with Gasteiger partial charge in [0.2, 0.25) is 0 Å². The van der Waals surface area contributed by atoms with Gasteiger partial charge in [-0.3, -0.25) is 4.79 Å². The van der Waals surface area contributed by atoms with Crippen molar-refractivity contribution in [1.29, 1.82) is 0 Å². The Labute approximate surface area is 113 Å². The van der Waals surface area contributed by atoms with Gasteiger partial charge in [-0.1, -0.05) is 12.1 Å². The van der Waals surface area contributed by atoms with E-state index in [2.05, 4.69) is 0 Å². The molecule has 1 aromatic rings. The van der Waals surface area contributed by atoms with Crippen molar-refractivity contribution in [3.05, 3.63) is 35.9 Å². The molecule has 0 aromatic heterocycles. The molecule has 7 heteroatoms. The van der Waals surface area contributed by atoms with E-state index >= 15 is 0 Å². The third-order valence-electron chi connectivity index (χ3n) is 2.19. The van der Waals surface area contributed by atoms with E-state index in [4.69, 9.17) is 9.47 Å². The summed E-state index contributed by atoms with van der Waals surface area (Å²) in [6.45, 7) is 2.20. The summed E-state index contributed by atoms with van der Waals surface area (Å²) < 4.78 is 46.3. The maximum Gasteiger partial charge on any atom is 0.454 e. The van der Waals surface area contributed by atoms with Gasteiger partial charge in [0.15, 0.2) is 6.79 Å². The van der Waals surface area contributed by atoms with Crippen LogP contribution in [0.1, 0.15) is 12.5 Å². The molecule has 0 fully saturated rings. The maximum atomic E-state index is 12.1. The lowest BCUT2D eigenvalue weighted by Crippen LogP contribution is -2.20. The minimum atomic E-state index is -5.02. The number of ketones is 1. The second-order valence-electron chi connectivity index (χ2n) is 3.67. The van der Waals surface area contributed by atoms with Gasteiger partial charge in [0.1, 0.15) is 11.5 Å². The van der Waals surface area contributed by atoms with Crippen LogP contribution in [0.3, 0.4) is 0 Å². The van der Waals surface area contributed by atoms with Gasteiger partial charge in [-0.2, -0.15) is 13.2 Å². The van der Waals surface area contributed by atoms with Crippen LogP contribution in [-0.2, 0) is 9.53 Å². The predicted molar refractivity (Wildman–Crippen MR) is 65.2 cm³/mol. The van der Waals surface area contributed by atoms with E-state index in [1.54, 1.807) is 13.0 Å². The van der Waals surface area contributed by atoms with E-state index in [9.17, 15) is 23.1 Å². The molecule has 110 valence electrons. The summed E-state index contributed by atoms with van der Waals surface area (Å²) in [6.07, 6.45) is -4.89. The Balaban J connectivity index is 2.83. The van der Waals surface area contributed by atoms with Crippen molar-refractivity contribution >= 4 is 11.5 Å². The Kier molecular flexibility index (Phi) is 5.57. The summed E-state index contributed by atoms with van der Waals surface area (Å²) in [6, 6.07) is 5.66. The zero-order valence-corrected chi connectivity index (χ0v) is 10.6.